The van der Waals surface area contributed by atoms with Crippen LogP contribution < -0.4 is 0 Å². The maximum atomic E-state index is 11.5. The van der Waals surface area contributed by atoms with E-state index in [0.29, 0.717) is 26.4 Å². The maximum absolute atomic E-state index is 11.5. The Labute approximate surface area is 129 Å². The summed E-state index contributed by atoms with van der Waals surface area (Å²) in [5.41, 5.74) is 0. The number of hydrogen-bond donors (Lipinski definition) is 4. The lowest BCUT2D eigenvalue weighted by molar-refractivity contribution is -0.918. The highest BCUT2D eigenvalue weighted by Crippen LogP contribution is 2.44. The van der Waals surface area contributed by atoms with Gasteiger partial charge in [0.2, 0.25) is 0 Å². The van der Waals surface area contributed by atoms with Gasteiger partial charge in [-0.1, -0.05) is 0 Å². The standard InChI is InChI=1S/C10H24N2O8P2/c1-11-2-4-19-6-7-20-5-3-12(8-11,9-21(13,14)15)10-22(16,17)18/h2-10H2,1H3,(H3-,13,14,15,16,17,18)/p+1. The van der Waals surface area contributed by atoms with Crippen LogP contribution in [0.1, 0.15) is 0 Å². The van der Waals surface area contributed by atoms with Gasteiger partial charge in [-0.25, -0.2) is 0 Å². The Kier molecular flexibility index (Phi) is 7.62. The summed E-state index contributed by atoms with van der Waals surface area (Å²) in [5, 5.41) is 0. The van der Waals surface area contributed by atoms with Crippen molar-refractivity contribution in [1.29, 1.82) is 0 Å². The smallest absolute Gasteiger partial charge is 0.378 e. The van der Waals surface area contributed by atoms with E-state index in [4.69, 9.17) is 9.47 Å². The number of nitrogens with zero attached hydrogens (tertiary/aromatic N) is 2. The highest BCUT2D eigenvalue weighted by Gasteiger charge is 2.41. The number of rotatable bonds is 4. The minimum atomic E-state index is -4.47. The summed E-state index contributed by atoms with van der Waals surface area (Å²) < 4.78 is 33.1. The Morgan fingerprint density at radius 2 is 1.45 bits per heavy atom. The predicted octanol–water partition coefficient (Wildman–Crippen LogP) is -0.990. The Balaban J connectivity index is 3.02. The summed E-state index contributed by atoms with van der Waals surface area (Å²) in [7, 11) is -7.22. The van der Waals surface area contributed by atoms with Gasteiger partial charge in [0.1, 0.15) is 13.2 Å². The van der Waals surface area contributed by atoms with Gasteiger partial charge in [0.25, 0.3) is 0 Å². The summed E-state index contributed by atoms with van der Waals surface area (Å²) in [5.74, 6) is 0. The first-order chi connectivity index (χ1) is 10.0. The van der Waals surface area contributed by atoms with Gasteiger partial charge in [-0.2, -0.15) is 0 Å². The predicted molar refractivity (Wildman–Crippen MR) is 78.1 cm³/mol. The Morgan fingerprint density at radius 1 is 0.955 bits per heavy atom. The summed E-state index contributed by atoms with van der Waals surface area (Å²) in [4.78, 5) is 39.0. The first kappa shape index (κ1) is 20.2. The SMILES string of the molecule is CN1CCOCCOCC[N+](CP(=O)(O)O)(CP(=O)(O)O)C1. The molecule has 0 saturated carbocycles. The largest absolute Gasteiger partial charge is 0.379 e. The van der Waals surface area contributed by atoms with Gasteiger partial charge in [-0.05, 0) is 7.05 Å². The average Bonchev–Trinajstić information content (AvgIpc) is 2.30. The zero-order valence-corrected chi connectivity index (χ0v) is 14.4. The molecule has 1 aliphatic rings. The zero-order chi connectivity index (χ0) is 16.9. The van der Waals surface area contributed by atoms with E-state index in [0.717, 1.165) is 0 Å². The molecule has 0 unspecified atom stereocenters. The molecule has 12 heteroatoms. The second-order valence-corrected chi connectivity index (χ2v) is 8.85. The summed E-state index contributed by atoms with van der Waals surface area (Å²) in [6, 6.07) is 0. The maximum Gasteiger partial charge on any atom is 0.379 e. The molecule has 0 atom stereocenters. The minimum Gasteiger partial charge on any atom is -0.378 e. The van der Waals surface area contributed by atoms with Gasteiger partial charge in [0.15, 0.2) is 12.6 Å². The molecule has 0 amide bonds. The van der Waals surface area contributed by atoms with Gasteiger partial charge in [0, 0.05) is 6.54 Å². The molecule has 4 N–H and O–H groups in total. The lowest BCUT2D eigenvalue weighted by atomic mass is 10.5. The third-order valence-electron chi connectivity index (χ3n) is 3.21. The highest BCUT2D eigenvalue weighted by molar-refractivity contribution is 7.52. The van der Waals surface area contributed by atoms with Crippen molar-refractivity contribution < 1.29 is 42.7 Å². The molecule has 1 saturated heterocycles. The quantitative estimate of drug-likeness (QED) is 0.366. The van der Waals surface area contributed by atoms with Gasteiger partial charge in [-0.15, -0.1) is 0 Å². The molecule has 0 spiro atoms. The molecule has 1 heterocycles. The third-order valence-corrected chi connectivity index (χ3v) is 5.15. The van der Waals surface area contributed by atoms with Crippen molar-refractivity contribution in [3.63, 3.8) is 0 Å². The molecular weight excluding hydrogens is 338 g/mol. The minimum absolute atomic E-state index is 0.0863. The van der Waals surface area contributed by atoms with E-state index in [9.17, 15) is 28.7 Å². The van der Waals surface area contributed by atoms with Gasteiger partial charge in [-0.3, -0.25) is 18.5 Å². The van der Waals surface area contributed by atoms with Crippen LogP contribution in [0.3, 0.4) is 0 Å². The van der Waals surface area contributed by atoms with Crippen LogP contribution in [-0.2, 0) is 18.6 Å². The second kappa shape index (κ2) is 8.30. The first-order valence-electron chi connectivity index (χ1n) is 6.80. The molecule has 22 heavy (non-hydrogen) atoms. The fourth-order valence-corrected chi connectivity index (χ4v) is 4.89. The van der Waals surface area contributed by atoms with Crippen molar-refractivity contribution in [1.82, 2.24) is 4.90 Å². The fraction of sp³-hybridized carbons (Fsp3) is 1.00. The monoisotopic (exact) mass is 363 g/mol. The molecule has 1 aliphatic heterocycles. The summed E-state index contributed by atoms with van der Waals surface area (Å²) in [6.45, 7) is 1.95. The Hall–Kier alpha value is 0.140. The molecule has 0 aliphatic carbocycles. The highest BCUT2D eigenvalue weighted by atomic mass is 31.2. The van der Waals surface area contributed by atoms with Gasteiger partial charge in [0.05, 0.1) is 26.4 Å². The zero-order valence-electron chi connectivity index (χ0n) is 12.6. The number of ether oxygens (including phenoxy) is 2. The second-order valence-electron chi connectivity index (χ2n) is 5.62. The van der Waals surface area contributed by atoms with Crippen LogP contribution in [-0.4, -0.2) is 94.8 Å². The van der Waals surface area contributed by atoms with E-state index in [1.54, 1.807) is 11.9 Å². The first-order valence-corrected chi connectivity index (χ1v) is 10.4. The average molecular weight is 363 g/mol. The third kappa shape index (κ3) is 8.69. The van der Waals surface area contributed by atoms with Gasteiger partial charge >= 0.3 is 15.2 Å². The van der Waals surface area contributed by atoms with Crippen molar-refractivity contribution >= 4 is 15.2 Å². The molecule has 1 rings (SSSR count). The molecule has 0 radical (unpaired) electrons. The summed E-state index contributed by atoms with van der Waals surface area (Å²) >= 11 is 0. The van der Waals surface area contributed by atoms with E-state index < -0.39 is 32.2 Å². The molecule has 0 aromatic rings. The molecule has 132 valence electrons. The van der Waals surface area contributed by atoms with Crippen molar-refractivity contribution in [3.8, 4) is 0 Å². The van der Waals surface area contributed by atoms with Crippen LogP contribution in [0.2, 0.25) is 0 Å². The van der Waals surface area contributed by atoms with Crippen LogP contribution in [0, 0.1) is 0 Å². The van der Waals surface area contributed by atoms with E-state index in [2.05, 4.69) is 0 Å². The number of likely N-dealkylation sites (N-methyl/N-ethyl adjacent to an activating group) is 1. The number of quaternary nitrogens is 1. The van der Waals surface area contributed by atoms with Crippen molar-refractivity contribution in [2.45, 2.75) is 0 Å². The van der Waals surface area contributed by atoms with Crippen molar-refractivity contribution in [2.75, 3.05) is 65.8 Å². The van der Waals surface area contributed by atoms with Crippen LogP contribution in [0.5, 0.6) is 0 Å². The molecule has 0 aromatic heterocycles. The lowest BCUT2D eigenvalue weighted by Crippen LogP contribution is -2.56. The van der Waals surface area contributed by atoms with Crippen molar-refractivity contribution in [2.24, 2.45) is 0 Å². The normalized spacial score (nSPS) is 23.0. The van der Waals surface area contributed by atoms with E-state index in [1.807, 2.05) is 0 Å². The van der Waals surface area contributed by atoms with Crippen molar-refractivity contribution in [3.05, 3.63) is 0 Å². The van der Waals surface area contributed by atoms with Gasteiger partial charge < -0.3 is 29.0 Å². The van der Waals surface area contributed by atoms with Crippen LogP contribution >= 0.6 is 15.2 Å². The van der Waals surface area contributed by atoms with Crippen LogP contribution in [0.4, 0.5) is 0 Å². The summed E-state index contributed by atoms with van der Waals surface area (Å²) in [6.07, 6.45) is -1.29. The molecule has 1 fully saturated rings. The molecular formula is C10H25N2O8P2+. The molecule has 0 bridgehead atoms. The number of hydrogen-bond acceptors (Lipinski definition) is 5. The Bertz CT molecular complexity index is 413. The topological polar surface area (TPSA) is 137 Å². The molecule has 0 aromatic carbocycles. The van der Waals surface area contributed by atoms with E-state index >= 15 is 0 Å². The van der Waals surface area contributed by atoms with E-state index in [1.165, 1.54) is 0 Å². The fourth-order valence-electron chi connectivity index (χ4n) is 2.51. The Morgan fingerprint density at radius 3 is 1.95 bits per heavy atom. The lowest BCUT2D eigenvalue weighted by Gasteiger charge is -2.40. The van der Waals surface area contributed by atoms with E-state index in [-0.39, 0.29) is 19.8 Å². The van der Waals surface area contributed by atoms with Crippen LogP contribution in [0.25, 0.3) is 0 Å². The molecule has 10 nitrogen and oxygen atoms in total. The van der Waals surface area contributed by atoms with Crippen LogP contribution in [0.15, 0.2) is 0 Å².